The van der Waals surface area contributed by atoms with Crippen molar-refractivity contribution in [1.82, 2.24) is 10.2 Å². The summed E-state index contributed by atoms with van der Waals surface area (Å²) >= 11 is 0. The van der Waals surface area contributed by atoms with Crippen LogP contribution in [0.15, 0.2) is 84.9 Å². The van der Waals surface area contributed by atoms with E-state index in [0.717, 1.165) is 43.7 Å². The fourth-order valence-electron chi connectivity index (χ4n) is 4.94. The zero-order valence-electron chi connectivity index (χ0n) is 19.8. The summed E-state index contributed by atoms with van der Waals surface area (Å²) < 4.78 is 6.03. The highest BCUT2D eigenvalue weighted by Crippen LogP contribution is 2.35. The monoisotopic (exact) mass is 469 g/mol. The molecule has 0 spiro atoms. The average molecular weight is 470 g/mol. The maximum Gasteiger partial charge on any atom is 0.263 e. The molecule has 1 N–H and O–H groups in total. The van der Waals surface area contributed by atoms with Crippen LogP contribution in [0.4, 0.5) is 5.69 Å². The Bertz CT molecular complexity index is 1150. The number of piperidine rings is 1. The molecule has 2 atom stereocenters. The van der Waals surface area contributed by atoms with E-state index in [9.17, 15) is 9.59 Å². The summed E-state index contributed by atoms with van der Waals surface area (Å²) in [7, 11) is 0. The standard InChI is InChI=1S/C29H31N3O3/c33-28(30-18-22-10-3-1-4-11-22)27-21-32(25-15-7-8-16-26(25)35-27)29(34)24-14-9-17-31(20-24)19-23-12-5-2-6-13-23/h1-8,10-13,15-16,24,27H,9,14,17-21H2,(H,30,33). The van der Waals surface area contributed by atoms with Gasteiger partial charge in [-0.1, -0.05) is 72.8 Å². The van der Waals surface area contributed by atoms with Crippen molar-refractivity contribution in [1.29, 1.82) is 0 Å². The molecule has 180 valence electrons. The number of hydrogen-bond donors (Lipinski definition) is 1. The average Bonchev–Trinajstić information content (AvgIpc) is 2.92. The van der Waals surface area contributed by atoms with Crippen molar-refractivity contribution >= 4 is 17.5 Å². The Morgan fingerprint density at radius 2 is 1.54 bits per heavy atom. The Morgan fingerprint density at radius 1 is 0.857 bits per heavy atom. The fraction of sp³-hybridized carbons (Fsp3) is 0.310. The summed E-state index contributed by atoms with van der Waals surface area (Å²) in [6.07, 6.45) is 1.09. The molecular formula is C29H31N3O3. The molecule has 2 amide bonds. The smallest absolute Gasteiger partial charge is 0.263 e. The lowest BCUT2D eigenvalue weighted by Crippen LogP contribution is -2.53. The van der Waals surface area contributed by atoms with Gasteiger partial charge in [-0.3, -0.25) is 14.5 Å². The first kappa shape index (κ1) is 23.1. The van der Waals surface area contributed by atoms with Crippen LogP contribution in [0.3, 0.4) is 0 Å². The Kier molecular flexibility index (Phi) is 7.09. The van der Waals surface area contributed by atoms with E-state index in [1.54, 1.807) is 4.90 Å². The predicted octanol–water partition coefficient (Wildman–Crippen LogP) is 4.01. The van der Waals surface area contributed by atoms with Crippen molar-refractivity contribution in [3.8, 4) is 5.75 Å². The summed E-state index contributed by atoms with van der Waals surface area (Å²) in [5, 5.41) is 2.96. The predicted molar refractivity (Wildman–Crippen MR) is 136 cm³/mol. The zero-order chi connectivity index (χ0) is 24.0. The molecular weight excluding hydrogens is 438 g/mol. The first-order chi connectivity index (χ1) is 17.2. The van der Waals surface area contributed by atoms with Crippen LogP contribution in [-0.2, 0) is 22.7 Å². The zero-order valence-corrected chi connectivity index (χ0v) is 19.8. The normalized spacial score (nSPS) is 19.9. The first-order valence-corrected chi connectivity index (χ1v) is 12.3. The molecule has 0 saturated carbocycles. The molecule has 2 unspecified atom stereocenters. The minimum atomic E-state index is -0.749. The Morgan fingerprint density at radius 3 is 2.31 bits per heavy atom. The largest absolute Gasteiger partial charge is 0.477 e. The van der Waals surface area contributed by atoms with Crippen LogP contribution in [0, 0.1) is 5.92 Å². The van der Waals surface area contributed by atoms with E-state index in [1.807, 2.05) is 60.7 Å². The number of amides is 2. The number of carbonyl (C=O) groups excluding carboxylic acids is 2. The number of hydrogen-bond acceptors (Lipinski definition) is 4. The van der Waals surface area contributed by atoms with Gasteiger partial charge in [0.2, 0.25) is 5.91 Å². The minimum Gasteiger partial charge on any atom is -0.477 e. The molecule has 0 bridgehead atoms. The van der Waals surface area contributed by atoms with Gasteiger partial charge in [0.15, 0.2) is 6.10 Å². The molecule has 2 aliphatic rings. The molecule has 1 fully saturated rings. The lowest BCUT2D eigenvalue weighted by atomic mass is 9.95. The number of ether oxygens (including phenoxy) is 1. The van der Waals surface area contributed by atoms with E-state index in [0.29, 0.717) is 12.3 Å². The van der Waals surface area contributed by atoms with Crippen molar-refractivity contribution in [2.24, 2.45) is 5.92 Å². The van der Waals surface area contributed by atoms with E-state index in [1.165, 1.54) is 5.56 Å². The van der Waals surface area contributed by atoms with Gasteiger partial charge in [0, 0.05) is 19.6 Å². The molecule has 2 heterocycles. The topological polar surface area (TPSA) is 61.9 Å². The van der Waals surface area contributed by atoms with Crippen LogP contribution in [-0.4, -0.2) is 42.5 Å². The summed E-state index contributed by atoms with van der Waals surface area (Å²) in [6, 6.07) is 27.7. The second-order valence-electron chi connectivity index (χ2n) is 9.29. The molecule has 3 aromatic carbocycles. The van der Waals surface area contributed by atoms with E-state index in [4.69, 9.17) is 4.74 Å². The molecule has 6 heteroatoms. The Hall–Kier alpha value is -3.64. The SMILES string of the molecule is O=C(NCc1ccccc1)C1CN(C(=O)C2CCCN(Cc3ccccc3)C2)c2ccccc2O1. The molecule has 6 nitrogen and oxygen atoms in total. The number of anilines is 1. The molecule has 2 aliphatic heterocycles. The van der Waals surface area contributed by atoms with Gasteiger partial charge in [-0.25, -0.2) is 0 Å². The summed E-state index contributed by atoms with van der Waals surface area (Å²) in [5.74, 6) is 0.324. The summed E-state index contributed by atoms with van der Waals surface area (Å²) in [4.78, 5) is 30.9. The number of nitrogens with zero attached hydrogens (tertiary/aromatic N) is 2. The summed E-state index contributed by atoms with van der Waals surface area (Å²) in [5.41, 5.74) is 3.02. The van der Waals surface area contributed by atoms with Crippen molar-refractivity contribution in [2.45, 2.75) is 32.0 Å². The highest BCUT2D eigenvalue weighted by molar-refractivity contribution is 5.98. The van der Waals surface area contributed by atoms with Gasteiger partial charge < -0.3 is 15.0 Å². The second kappa shape index (κ2) is 10.7. The number of benzene rings is 3. The number of fused-ring (bicyclic) bond motifs is 1. The maximum absolute atomic E-state index is 13.8. The van der Waals surface area contributed by atoms with Crippen LogP contribution in [0.2, 0.25) is 0 Å². The van der Waals surface area contributed by atoms with Crippen LogP contribution in [0.1, 0.15) is 24.0 Å². The molecule has 0 aromatic heterocycles. The molecule has 3 aromatic rings. The minimum absolute atomic E-state index is 0.0689. The molecule has 5 rings (SSSR count). The number of nitrogens with one attached hydrogen (secondary N) is 1. The van der Waals surface area contributed by atoms with Gasteiger partial charge in [0.05, 0.1) is 18.2 Å². The van der Waals surface area contributed by atoms with Crippen LogP contribution in [0.25, 0.3) is 0 Å². The second-order valence-corrected chi connectivity index (χ2v) is 9.29. The van der Waals surface area contributed by atoms with E-state index in [-0.39, 0.29) is 24.3 Å². The highest BCUT2D eigenvalue weighted by atomic mass is 16.5. The van der Waals surface area contributed by atoms with Crippen molar-refractivity contribution in [3.05, 3.63) is 96.1 Å². The van der Waals surface area contributed by atoms with Gasteiger partial charge in [-0.2, -0.15) is 0 Å². The third kappa shape index (κ3) is 5.54. The van der Waals surface area contributed by atoms with Gasteiger partial charge in [-0.15, -0.1) is 0 Å². The Balaban J connectivity index is 1.28. The van der Waals surface area contributed by atoms with Crippen LogP contribution >= 0.6 is 0 Å². The van der Waals surface area contributed by atoms with Crippen LogP contribution < -0.4 is 15.0 Å². The van der Waals surface area contributed by atoms with Crippen molar-refractivity contribution in [2.75, 3.05) is 24.5 Å². The molecule has 0 aliphatic carbocycles. The van der Waals surface area contributed by atoms with Gasteiger partial charge in [0.25, 0.3) is 5.91 Å². The number of carbonyl (C=O) groups is 2. The van der Waals surface area contributed by atoms with E-state index >= 15 is 0 Å². The highest BCUT2D eigenvalue weighted by Gasteiger charge is 2.37. The number of rotatable bonds is 6. The lowest BCUT2D eigenvalue weighted by Gasteiger charge is -2.38. The van der Waals surface area contributed by atoms with Gasteiger partial charge in [0.1, 0.15) is 5.75 Å². The number of para-hydroxylation sites is 2. The van der Waals surface area contributed by atoms with Crippen molar-refractivity contribution < 1.29 is 14.3 Å². The van der Waals surface area contributed by atoms with E-state index < -0.39 is 6.10 Å². The maximum atomic E-state index is 13.8. The quantitative estimate of drug-likeness (QED) is 0.593. The van der Waals surface area contributed by atoms with Gasteiger partial charge in [-0.05, 0) is 42.6 Å². The Labute approximate surface area is 206 Å². The third-order valence-electron chi connectivity index (χ3n) is 6.75. The lowest BCUT2D eigenvalue weighted by molar-refractivity contribution is -0.129. The molecule has 35 heavy (non-hydrogen) atoms. The number of likely N-dealkylation sites (tertiary alicyclic amines) is 1. The third-order valence-corrected chi connectivity index (χ3v) is 6.75. The molecule has 0 radical (unpaired) electrons. The fourth-order valence-corrected chi connectivity index (χ4v) is 4.94. The molecule has 1 saturated heterocycles. The van der Waals surface area contributed by atoms with Crippen molar-refractivity contribution in [3.63, 3.8) is 0 Å². The summed E-state index contributed by atoms with van der Waals surface area (Å²) in [6.45, 7) is 3.19. The first-order valence-electron chi connectivity index (χ1n) is 12.3. The van der Waals surface area contributed by atoms with Crippen LogP contribution in [0.5, 0.6) is 5.75 Å². The van der Waals surface area contributed by atoms with E-state index in [2.05, 4.69) is 34.5 Å². The van der Waals surface area contributed by atoms with Gasteiger partial charge >= 0.3 is 0 Å².